The molecule has 3 heterocycles. The first-order chi connectivity index (χ1) is 12.1. The van der Waals surface area contributed by atoms with Gasteiger partial charge in [-0.2, -0.15) is 0 Å². The van der Waals surface area contributed by atoms with Crippen LogP contribution in [0.15, 0.2) is 41.8 Å². The molecule has 0 bridgehead atoms. The van der Waals surface area contributed by atoms with Crippen LogP contribution in [0, 0.1) is 0 Å². The van der Waals surface area contributed by atoms with Gasteiger partial charge in [-0.3, -0.25) is 19.3 Å². The van der Waals surface area contributed by atoms with Gasteiger partial charge in [0, 0.05) is 23.5 Å². The van der Waals surface area contributed by atoms with Crippen molar-refractivity contribution in [1.82, 2.24) is 9.80 Å². The molecule has 0 spiro atoms. The van der Waals surface area contributed by atoms with E-state index in [9.17, 15) is 14.4 Å². The predicted octanol–water partition coefficient (Wildman–Crippen LogP) is 3.33. The van der Waals surface area contributed by atoms with Crippen molar-refractivity contribution in [2.75, 3.05) is 18.8 Å². The number of nitrogens with zero attached hydrogens (tertiary/aromatic N) is 2. The van der Waals surface area contributed by atoms with Crippen molar-refractivity contribution in [1.29, 1.82) is 0 Å². The number of hydrogen-bond acceptors (Lipinski definition) is 5. The maximum absolute atomic E-state index is 12.7. The number of thiophene rings is 1. The smallest absolute Gasteiger partial charge is 0.289 e. The van der Waals surface area contributed by atoms with E-state index >= 15 is 0 Å². The van der Waals surface area contributed by atoms with E-state index in [0.29, 0.717) is 25.1 Å². The first-order valence-corrected chi connectivity index (χ1v) is 9.92. The third-order valence-electron chi connectivity index (χ3n) is 4.54. The molecule has 0 saturated carbocycles. The van der Waals surface area contributed by atoms with Crippen LogP contribution in [0.25, 0.3) is 10.4 Å². The second kappa shape index (κ2) is 6.65. The molecule has 4 rings (SSSR count). The van der Waals surface area contributed by atoms with Crippen LogP contribution in [0.2, 0.25) is 0 Å². The van der Waals surface area contributed by atoms with Crippen molar-refractivity contribution >= 4 is 40.2 Å². The lowest BCUT2D eigenvalue weighted by Gasteiger charge is -2.22. The summed E-state index contributed by atoms with van der Waals surface area (Å²) in [5, 5.41) is 1.84. The second-order valence-electron chi connectivity index (χ2n) is 6.07. The van der Waals surface area contributed by atoms with E-state index in [1.807, 2.05) is 35.7 Å². The van der Waals surface area contributed by atoms with Gasteiger partial charge in [0.2, 0.25) is 5.91 Å². The lowest BCUT2D eigenvalue weighted by Crippen LogP contribution is -2.41. The Labute approximate surface area is 153 Å². The maximum atomic E-state index is 12.7. The topological polar surface area (TPSA) is 57.7 Å². The minimum Gasteiger partial charge on any atom is -0.336 e. The van der Waals surface area contributed by atoms with Gasteiger partial charge < -0.3 is 4.90 Å². The molecular formula is C18H16N2O3S2. The molecular weight excluding hydrogens is 356 g/mol. The molecule has 3 amide bonds. The van der Waals surface area contributed by atoms with E-state index in [1.54, 1.807) is 16.2 Å². The van der Waals surface area contributed by atoms with E-state index in [0.717, 1.165) is 17.3 Å². The molecule has 128 valence electrons. The molecule has 0 N–H and O–H groups in total. The van der Waals surface area contributed by atoms with E-state index in [2.05, 4.69) is 6.07 Å². The van der Waals surface area contributed by atoms with Gasteiger partial charge >= 0.3 is 0 Å². The average molecular weight is 372 g/mol. The van der Waals surface area contributed by atoms with Crippen molar-refractivity contribution in [3.63, 3.8) is 0 Å². The molecule has 0 radical (unpaired) electrons. The SMILES string of the molecule is O=C(c1ccc(-c2cccs2)cc1)N1CCC(N2C(=O)CSC2=O)C1. The highest BCUT2D eigenvalue weighted by atomic mass is 32.2. The van der Waals surface area contributed by atoms with Crippen LogP contribution in [-0.2, 0) is 4.79 Å². The number of benzene rings is 1. The van der Waals surface area contributed by atoms with Crippen LogP contribution in [0.3, 0.4) is 0 Å². The quantitative estimate of drug-likeness (QED) is 0.829. The summed E-state index contributed by atoms with van der Waals surface area (Å²) in [5.74, 6) is 0.0228. The number of carbonyl (C=O) groups is 3. The van der Waals surface area contributed by atoms with E-state index in [-0.39, 0.29) is 28.8 Å². The Morgan fingerprint density at radius 1 is 1.12 bits per heavy atom. The highest BCUT2D eigenvalue weighted by Gasteiger charge is 2.40. The summed E-state index contributed by atoms with van der Waals surface area (Å²) in [6.07, 6.45) is 0.650. The summed E-state index contributed by atoms with van der Waals surface area (Å²) >= 11 is 2.71. The normalized spacial score (nSPS) is 20.6. The van der Waals surface area contributed by atoms with Gasteiger partial charge in [0.05, 0.1) is 11.8 Å². The first-order valence-electron chi connectivity index (χ1n) is 8.05. The minimum atomic E-state index is -0.190. The molecule has 7 heteroatoms. The van der Waals surface area contributed by atoms with E-state index in [4.69, 9.17) is 0 Å². The fourth-order valence-corrected chi connectivity index (χ4v) is 4.77. The summed E-state index contributed by atoms with van der Waals surface area (Å²) in [7, 11) is 0. The molecule has 1 aromatic heterocycles. The van der Waals surface area contributed by atoms with Gasteiger partial charge in [-0.25, -0.2) is 0 Å². The van der Waals surface area contributed by atoms with Crippen LogP contribution in [-0.4, -0.2) is 51.7 Å². The van der Waals surface area contributed by atoms with Crippen LogP contribution in [0.1, 0.15) is 16.8 Å². The highest BCUT2D eigenvalue weighted by Crippen LogP contribution is 2.28. The fraction of sp³-hybridized carbons (Fsp3) is 0.278. The Hall–Kier alpha value is -2.12. The third-order valence-corrected chi connectivity index (χ3v) is 6.29. The van der Waals surface area contributed by atoms with Crippen LogP contribution >= 0.6 is 23.1 Å². The average Bonchev–Trinajstić information content (AvgIpc) is 3.36. The molecule has 2 aromatic rings. The molecule has 1 atom stereocenters. The summed E-state index contributed by atoms with van der Waals surface area (Å²) in [6, 6.07) is 11.5. The summed E-state index contributed by atoms with van der Waals surface area (Å²) < 4.78 is 0. The molecule has 5 nitrogen and oxygen atoms in total. The zero-order valence-electron chi connectivity index (χ0n) is 13.4. The van der Waals surface area contributed by atoms with Gasteiger partial charge in [0.25, 0.3) is 11.1 Å². The Kier molecular flexibility index (Phi) is 4.35. The van der Waals surface area contributed by atoms with Crippen LogP contribution in [0.5, 0.6) is 0 Å². The number of amides is 3. The molecule has 1 unspecified atom stereocenters. The molecule has 2 fully saturated rings. The molecule has 2 aliphatic rings. The molecule has 0 aliphatic carbocycles. The monoisotopic (exact) mass is 372 g/mol. The summed E-state index contributed by atoms with van der Waals surface area (Å²) in [5.41, 5.74) is 1.73. The van der Waals surface area contributed by atoms with E-state index < -0.39 is 0 Å². The van der Waals surface area contributed by atoms with Crippen molar-refractivity contribution in [3.8, 4) is 10.4 Å². The first kappa shape index (κ1) is 16.4. The fourth-order valence-electron chi connectivity index (χ4n) is 3.26. The number of imide groups is 1. The number of hydrogen-bond donors (Lipinski definition) is 0. The van der Waals surface area contributed by atoms with Gasteiger partial charge in [-0.05, 0) is 35.6 Å². The summed E-state index contributed by atoms with van der Waals surface area (Å²) in [6.45, 7) is 0.988. The lowest BCUT2D eigenvalue weighted by atomic mass is 10.1. The lowest BCUT2D eigenvalue weighted by molar-refractivity contribution is -0.126. The van der Waals surface area contributed by atoms with Crippen molar-refractivity contribution in [3.05, 3.63) is 47.3 Å². The standard InChI is InChI=1S/C18H16N2O3S2/c21-16-11-25-18(23)20(16)14-7-8-19(10-14)17(22)13-5-3-12(4-6-13)15-2-1-9-24-15/h1-6,9,14H,7-8,10-11H2. The number of rotatable bonds is 3. The molecule has 25 heavy (non-hydrogen) atoms. The molecule has 2 saturated heterocycles. The largest absolute Gasteiger partial charge is 0.336 e. The number of likely N-dealkylation sites (tertiary alicyclic amines) is 1. The Balaban J connectivity index is 1.45. The van der Waals surface area contributed by atoms with Crippen LogP contribution < -0.4 is 0 Å². The maximum Gasteiger partial charge on any atom is 0.289 e. The van der Waals surface area contributed by atoms with Crippen LogP contribution in [0.4, 0.5) is 4.79 Å². The highest BCUT2D eigenvalue weighted by molar-refractivity contribution is 8.14. The van der Waals surface area contributed by atoms with E-state index in [1.165, 1.54) is 9.78 Å². The molecule has 2 aliphatic heterocycles. The zero-order chi connectivity index (χ0) is 17.4. The summed E-state index contributed by atoms with van der Waals surface area (Å²) in [4.78, 5) is 40.6. The second-order valence-corrected chi connectivity index (χ2v) is 7.94. The molecule has 1 aromatic carbocycles. The third kappa shape index (κ3) is 3.09. The number of carbonyl (C=O) groups excluding carboxylic acids is 3. The Morgan fingerprint density at radius 3 is 2.56 bits per heavy atom. The number of thioether (sulfide) groups is 1. The Bertz CT molecular complexity index is 801. The Morgan fingerprint density at radius 2 is 1.92 bits per heavy atom. The van der Waals surface area contributed by atoms with Gasteiger partial charge in [-0.15, -0.1) is 11.3 Å². The van der Waals surface area contributed by atoms with Gasteiger partial charge in [0.15, 0.2) is 0 Å². The van der Waals surface area contributed by atoms with Gasteiger partial charge in [-0.1, -0.05) is 30.0 Å². The zero-order valence-corrected chi connectivity index (χ0v) is 15.0. The van der Waals surface area contributed by atoms with Gasteiger partial charge in [0.1, 0.15) is 0 Å². The minimum absolute atomic E-state index is 0.0491. The van der Waals surface area contributed by atoms with Crippen molar-refractivity contribution < 1.29 is 14.4 Å². The van der Waals surface area contributed by atoms with Crippen molar-refractivity contribution in [2.45, 2.75) is 12.5 Å². The van der Waals surface area contributed by atoms with Crippen molar-refractivity contribution in [2.24, 2.45) is 0 Å². The predicted molar refractivity (Wildman–Crippen MR) is 98.8 cm³/mol.